The van der Waals surface area contributed by atoms with E-state index in [1.54, 1.807) is 12.1 Å². The Kier molecular flexibility index (Phi) is 3.90. The second-order valence-corrected chi connectivity index (χ2v) is 2.88. The van der Waals surface area contributed by atoms with Gasteiger partial charge in [-0.15, -0.1) is 0 Å². The van der Waals surface area contributed by atoms with Gasteiger partial charge in [-0.25, -0.2) is 4.98 Å². The Balaban J connectivity index is 2.44. The van der Waals surface area contributed by atoms with Crippen molar-refractivity contribution in [3.8, 4) is 5.88 Å². The van der Waals surface area contributed by atoms with Crippen molar-refractivity contribution < 1.29 is 17.9 Å². The molecule has 0 saturated carbocycles. The maximum Gasteiger partial charge on any atom is 0.392 e. The van der Waals surface area contributed by atoms with Crippen molar-refractivity contribution in [1.82, 2.24) is 4.98 Å². The SMILES string of the molecule is NCc1cccc(OCCC(F)(F)F)n1. The van der Waals surface area contributed by atoms with Crippen molar-refractivity contribution in [2.75, 3.05) is 6.61 Å². The van der Waals surface area contributed by atoms with Gasteiger partial charge in [-0.3, -0.25) is 0 Å². The lowest BCUT2D eigenvalue weighted by Crippen LogP contribution is -2.13. The lowest BCUT2D eigenvalue weighted by atomic mass is 10.3. The number of rotatable bonds is 4. The van der Waals surface area contributed by atoms with Gasteiger partial charge in [0.15, 0.2) is 0 Å². The summed E-state index contributed by atoms with van der Waals surface area (Å²) in [5, 5.41) is 0. The molecule has 0 aliphatic rings. The molecule has 0 aliphatic carbocycles. The number of aromatic nitrogens is 1. The molecular weight excluding hydrogens is 209 g/mol. The van der Waals surface area contributed by atoms with Gasteiger partial charge in [-0.05, 0) is 6.07 Å². The molecule has 1 aromatic heterocycles. The Morgan fingerprint density at radius 2 is 2.07 bits per heavy atom. The zero-order valence-corrected chi connectivity index (χ0v) is 7.92. The van der Waals surface area contributed by atoms with Crippen LogP contribution in [0.4, 0.5) is 13.2 Å². The summed E-state index contributed by atoms with van der Waals surface area (Å²) >= 11 is 0. The Bertz CT molecular complexity index is 314. The van der Waals surface area contributed by atoms with E-state index in [0.717, 1.165) is 0 Å². The van der Waals surface area contributed by atoms with Gasteiger partial charge >= 0.3 is 6.18 Å². The number of ether oxygens (including phenoxy) is 1. The standard InChI is InChI=1S/C9H11F3N2O/c10-9(11,12)4-5-15-8-3-1-2-7(6-13)14-8/h1-3H,4-6,13H2. The van der Waals surface area contributed by atoms with Crippen LogP contribution in [0.5, 0.6) is 5.88 Å². The van der Waals surface area contributed by atoms with Crippen LogP contribution < -0.4 is 10.5 Å². The summed E-state index contributed by atoms with van der Waals surface area (Å²) in [4.78, 5) is 3.90. The Morgan fingerprint density at radius 1 is 1.33 bits per heavy atom. The highest BCUT2D eigenvalue weighted by Gasteiger charge is 2.26. The Hall–Kier alpha value is -1.30. The van der Waals surface area contributed by atoms with Crippen LogP contribution in [0, 0.1) is 0 Å². The molecule has 0 amide bonds. The lowest BCUT2D eigenvalue weighted by molar-refractivity contribution is -0.139. The van der Waals surface area contributed by atoms with E-state index in [4.69, 9.17) is 10.5 Å². The summed E-state index contributed by atoms with van der Waals surface area (Å²) < 4.78 is 40.2. The molecule has 1 aromatic rings. The van der Waals surface area contributed by atoms with E-state index in [1.807, 2.05) is 0 Å². The van der Waals surface area contributed by atoms with Crippen LogP contribution in [-0.2, 0) is 6.54 Å². The zero-order valence-electron chi connectivity index (χ0n) is 7.92. The van der Waals surface area contributed by atoms with E-state index in [2.05, 4.69) is 4.98 Å². The second-order valence-electron chi connectivity index (χ2n) is 2.88. The topological polar surface area (TPSA) is 48.1 Å². The smallest absolute Gasteiger partial charge is 0.392 e. The van der Waals surface area contributed by atoms with E-state index in [1.165, 1.54) is 6.07 Å². The second kappa shape index (κ2) is 4.97. The highest BCUT2D eigenvalue weighted by molar-refractivity contribution is 5.15. The first-order chi connectivity index (χ1) is 7.01. The first-order valence-electron chi connectivity index (χ1n) is 4.37. The molecule has 0 aromatic carbocycles. The maximum atomic E-state index is 11.8. The van der Waals surface area contributed by atoms with Crippen LogP contribution in [0.2, 0.25) is 0 Å². The van der Waals surface area contributed by atoms with Crippen LogP contribution in [0.3, 0.4) is 0 Å². The number of halogens is 3. The van der Waals surface area contributed by atoms with E-state index in [0.29, 0.717) is 5.69 Å². The molecule has 3 nitrogen and oxygen atoms in total. The molecule has 1 rings (SSSR count). The highest BCUT2D eigenvalue weighted by Crippen LogP contribution is 2.19. The van der Waals surface area contributed by atoms with E-state index >= 15 is 0 Å². The van der Waals surface area contributed by atoms with Crippen LogP contribution in [-0.4, -0.2) is 17.8 Å². The van der Waals surface area contributed by atoms with Gasteiger partial charge in [0, 0.05) is 12.6 Å². The van der Waals surface area contributed by atoms with E-state index in [-0.39, 0.29) is 12.4 Å². The average Bonchev–Trinajstić information content (AvgIpc) is 2.16. The first-order valence-corrected chi connectivity index (χ1v) is 4.37. The monoisotopic (exact) mass is 220 g/mol. The molecule has 0 spiro atoms. The fourth-order valence-corrected chi connectivity index (χ4v) is 0.923. The third kappa shape index (κ3) is 4.64. The number of nitrogens with two attached hydrogens (primary N) is 1. The van der Waals surface area contributed by atoms with Crippen molar-refractivity contribution in [1.29, 1.82) is 0 Å². The number of hydrogen-bond acceptors (Lipinski definition) is 3. The van der Waals surface area contributed by atoms with Gasteiger partial charge in [0.2, 0.25) is 5.88 Å². The summed E-state index contributed by atoms with van der Waals surface area (Å²) in [7, 11) is 0. The number of alkyl halides is 3. The minimum absolute atomic E-state index is 0.169. The molecule has 0 saturated heterocycles. The molecule has 0 fully saturated rings. The van der Waals surface area contributed by atoms with Crippen LogP contribution in [0.15, 0.2) is 18.2 Å². The summed E-state index contributed by atoms with van der Waals surface area (Å²) in [6.45, 7) is -0.193. The van der Waals surface area contributed by atoms with Crippen molar-refractivity contribution >= 4 is 0 Å². The van der Waals surface area contributed by atoms with Crippen molar-refractivity contribution in [2.45, 2.75) is 19.1 Å². The number of nitrogens with zero attached hydrogens (tertiary/aromatic N) is 1. The van der Waals surface area contributed by atoms with Gasteiger partial charge < -0.3 is 10.5 Å². The highest BCUT2D eigenvalue weighted by atomic mass is 19.4. The predicted octanol–water partition coefficient (Wildman–Crippen LogP) is 1.87. The maximum absolute atomic E-state index is 11.8. The summed E-state index contributed by atoms with van der Waals surface area (Å²) in [6, 6.07) is 4.81. The third-order valence-corrected chi connectivity index (χ3v) is 1.63. The van der Waals surface area contributed by atoms with Crippen LogP contribution in [0.1, 0.15) is 12.1 Å². The van der Waals surface area contributed by atoms with Crippen molar-refractivity contribution in [3.05, 3.63) is 23.9 Å². The van der Waals surface area contributed by atoms with Gasteiger partial charge in [0.25, 0.3) is 0 Å². The molecule has 6 heteroatoms. The Morgan fingerprint density at radius 3 is 2.67 bits per heavy atom. The molecule has 0 aliphatic heterocycles. The minimum Gasteiger partial charge on any atom is -0.477 e. The van der Waals surface area contributed by atoms with Gasteiger partial charge in [-0.1, -0.05) is 6.07 Å². The van der Waals surface area contributed by atoms with Crippen molar-refractivity contribution in [3.63, 3.8) is 0 Å². The van der Waals surface area contributed by atoms with Gasteiger partial charge in [-0.2, -0.15) is 13.2 Å². The van der Waals surface area contributed by atoms with Crippen molar-refractivity contribution in [2.24, 2.45) is 5.73 Å². The van der Waals surface area contributed by atoms with Gasteiger partial charge in [0.05, 0.1) is 18.7 Å². The molecule has 0 radical (unpaired) electrons. The van der Waals surface area contributed by atoms with Crippen LogP contribution in [0.25, 0.3) is 0 Å². The number of hydrogen-bond donors (Lipinski definition) is 1. The molecule has 0 unspecified atom stereocenters. The summed E-state index contributed by atoms with van der Waals surface area (Å²) in [6.07, 6.45) is -5.19. The summed E-state index contributed by atoms with van der Waals surface area (Å²) in [5.41, 5.74) is 5.90. The molecule has 1 heterocycles. The largest absolute Gasteiger partial charge is 0.477 e. The molecule has 0 bridgehead atoms. The lowest BCUT2D eigenvalue weighted by Gasteiger charge is -2.08. The average molecular weight is 220 g/mol. The minimum atomic E-state index is -4.20. The first kappa shape index (κ1) is 11.8. The zero-order chi connectivity index (χ0) is 11.3. The molecular formula is C9H11F3N2O. The Labute approximate surface area is 85.1 Å². The predicted molar refractivity (Wildman–Crippen MR) is 48.3 cm³/mol. The summed E-state index contributed by atoms with van der Waals surface area (Å²) in [5.74, 6) is 0.169. The molecule has 84 valence electrons. The van der Waals surface area contributed by atoms with E-state index in [9.17, 15) is 13.2 Å². The van der Waals surface area contributed by atoms with E-state index < -0.39 is 19.2 Å². The fourth-order valence-electron chi connectivity index (χ4n) is 0.923. The number of pyridine rings is 1. The molecule has 15 heavy (non-hydrogen) atoms. The normalized spacial score (nSPS) is 11.5. The fraction of sp³-hybridized carbons (Fsp3) is 0.444. The quantitative estimate of drug-likeness (QED) is 0.842. The molecule has 2 N–H and O–H groups in total. The van der Waals surface area contributed by atoms with Gasteiger partial charge in [0.1, 0.15) is 0 Å². The molecule has 0 atom stereocenters. The van der Waals surface area contributed by atoms with Crippen LogP contribution >= 0.6 is 0 Å². The third-order valence-electron chi connectivity index (χ3n) is 1.63.